The smallest absolute Gasteiger partial charge is 0.243 e. The molecular formula is C7H12IN3O2S. The van der Waals surface area contributed by atoms with Crippen LogP contribution in [0.2, 0.25) is 0 Å². The summed E-state index contributed by atoms with van der Waals surface area (Å²) in [6.45, 7) is 0.472. The normalized spacial score (nSPS) is 11.9. The van der Waals surface area contributed by atoms with Gasteiger partial charge >= 0.3 is 0 Å². The maximum atomic E-state index is 11.6. The molecule has 0 bridgehead atoms. The predicted molar refractivity (Wildman–Crippen MR) is 61.9 cm³/mol. The van der Waals surface area contributed by atoms with Crippen molar-refractivity contribution in [3.8, 4) is 0 Å². The van der Waals surface area contributed by atoms with E-state index in [2.05, 4.69) is 32.4 Å². The first-order valence-corrected chi connectivity index (χ1v) is 7.11. The van der Waals surface area contributed by atoms with Crippen LogP contribution in [-0.2, 0) is 17.1 Å². The molecule has 0 fully saturated rings. The number of sulfonamides is 1. The zero-order valence-corrected chi connectivity index (χ0v) is 10.7. The zero-order chi connectivity index (χ0) is 10.6. The van der Waals surface area contributed by atoms with E-state index in [0.717, 1.165) is 10.8 Å². The Balaban J connectivity index is 2.66. The summed E-state index contributed by atoms with van der Waals surface area (Å²) < 4.78 is 28.0. The fourth-order valence-electron chi connectivity index (χ4n) is 0.894. The van der Waals surface area contributed by atoms with Crippen molar-refractivity contribution in [3.05, 3.63) is 12.4 Å². The molecule has 0 radical (unpaired) electrons. The van der Waals surface area contributed by atoms with Crippen molar-refractivity contribution in [3.63, 3.8) is 0 Å². The van der Waals surface area contributed by atoms with Crippen molar-refractivity contribution in [1.29, 1.82) is 0 Å². The Morgan fingerprint density at radius 3 is 2.86 bits per heavy atom. The topological polar surface area (TPSA) is 64.0 Å². The molecular weight excluding hydrogens is 317 g/mol. The second kappa shape index (κ2) is 5.08. The van der Waals surface area contributed by atoms with Crippen LogP contribution in [0.1, 0.15) is 6.42 Å². The molecule has 5 nitrogen and oxygen atoms in total. The van der Waals surface area contributed by atoms with Gasteiger partial charge in [-0.2, -0.15) is 5.10 Å². The molecule has 1 aromatic heterocycles. The van der Waals surface area contributed by atoms with Gasteiger partial charge in [0.15, 0.2) is 0 Å². The summed E-state index contributed by atoms with van der Waals surface area (Å²) in [6.07, 6.45) is 3.65. The van der Waals surface area contributed by atoms with Crippen LogP contribution in [0.3, 0.4) is 0 Å². The Labute approximate surface area is 97.1 Å². The summed E-state index contributed by atoms with van der Waals surface area (Å²) in [5, 5.41) is 3.81. The molecule has 1 rings (SSSR count). The number of nitrogens with one attached hydrogen (secondary N) is 1. The molecule has 1 aromatic rings. The van der Waals surface area contributed by atoms with E-state index in [-0.39, 0.29) is 4.90 Å². The SMILES string of the molecule is Cn1cc(S(=O)(=O)NCCCI)cn1. The molecule has 0 aromatic carbocycles. The lowest BCUT2D eigenvalue weighted by Crippen LogP contribution is -2.24. The lowest BCUT2D eigenvalue weighted by atomic mass is 10.5. The van der Waals surface area contributed by atoms with Crippen LogP contribution in [-0.4, -0.2) is 29.2 Å². The Bertz CT molecular complexity index is 387. The number of hydrogen-bond acceptors (Lipinski definition) is 3. The number of aromatic nitrogens is 2. The molecule has 0 spiro atoms. The molecule has 0 atom stereocenters. The van der Waals surface area contributed by atoms with Gasteiger partial charge in [-0.05, 0) is 6.42 Å². The van der Waals surface area contributed by atoms with E-state index in [4.69, 9.17) is 0 Å². The van der Waals surface area contributed by atoms with E-state index >= 15 is 0 Å². The Hall–Kier alpha value is -0.150. The van der Waals surface area contributed by atoms with Crippen LogP contribution in [0.25, 0.3) is 0 Å². The van der Waals surface area contributed by atoms with Crippen LogP contribution in [0.5, 0.6) is 0 Å². The van der Waals surface area contributed by atoms with Crippen molar-refractivity contribution < 1.29 is 8.42 Å². The van der Waals surface area contributed by atoms with Gasteiger partial charge in [0, 0.05) is 24.2 Å². The minimum absolute atomic E-state index is 0.216. The number of rotatable bonds is 5. The summed E-state index contributed by atoms with van der Waals surface area (Å²) in [5.74, 6) is 0. The highest BCUT2D eigenvalue weighted by Gasteiger charge is 2.14. The monoisotopic (exact) mass is 329 g/mol. The van der Waals surface area contributed by atoms with E-state index in [1.165, 1.54) is 17.1 Å². The minimum atomic E-state index is -3.35. The van der Waals surface area contributed by atoms with Crippen molar-refractivity contribution in [2.45, 2.75) is 11.3 Å². The third-order valence-electron chi connectivity index (χ3n) is 1.59. The maximum Gasteiger partial charge on any atom is 0.243 e. The molecule has 14 heavy (non-hydrogen) atoms. The largest absolute Gasteiger partial charge is 0.274 e. The average Bonchev–Trinajstić information content (AvgIpc) is 2.53. The third-order valence-corrected chi connectivity index (χ3v) is 3.77. The van der Waals surface area contributed by atoms with Crippen molar-refractivity contribution in [1.82, 2.24) is 14.5 Å². The molecule has 7 heteroatoms. The highest BCUT2D eigenvalue weighted by atomic mass is 127. The van der Waals surface area contributed by atoms with E-state index in [1.54, 1.807) is 7.05 Å². The van der Waals surface area contributed by atoms with E-state index in [0.29, 0.717) is 6.54 Å². The molecule has 0 aliphatic carbocycles. The molecule has 80 valence electrons. The lowest BCUT2D eigenvalue weighted by molar-refractivity contribution is 0.581. The highest BCUT2D eigenvalue weighted by molar-refractivity contribution is 14.1. The van der Waals surface area contributed by atoms with Gasteiger partial charge in [0.05, 0.1) is 6.20 Å². The van der Waals surface area contributed by atoms with E-state index in [1.807, 2.05) is 0 Å². The summed E-state index contributed by atoms with van der Waals surface area (Å²) in [6, 6.07) is 0. The number of aryl methyl sites for hydroxylation is 1. The first-order chi connectivity index (χ1) is 6.56. The first-order valence-electron chi connectivity index (χ1n) is 4.10. The van der Waals surface area contributed by atoms with Crippen molar-refractivity contribution in [2.75, 3.05) is 11.0 Å². The van der Waals surface area contributed by atoms with Gasteiger partial charge < -0.3 is 0 Å². The molecule has 0 aliphatic heterocycles. The standard InChI is InChI=1S/C7H12IN3O2S/c1-11-6-7(5-9-11)14(12,13)10-4-2-3-8/h5-6,10H,2-4H2,1H3. The summed E-state index contributed by atoms with van der Waals surface area (Å²) >= 11 is 2.21. The molecule has 0 aliphatic rings. The van der Waals surface area contributed by atoms with Crippen molar-refractivity contribution in [2.24, 2.45) is 7.05 Å². The molecule has 0 unspecified atom stereocenters. The van der Waals surface area contributed by atoms with Crippen LogP contribution < -0.4 is 4.72 Å². The number of hydrogen-bond donors (Lipinski definition) is 1. The lowest BCUT2D eigenvalue weighted by Gasteiger charge is -2.02. The van der Waals surface area contributed by atoms with Crippen LogP contribution >= 0.6 is 22.6 Å². The molecule has 1 heterocycles. The van der Waals surface area contributed by atoms with Crippen LogP contribution in [0.4, 0.5) is 0 Å². The molecule has 0 saturated carbocycles. The molecule has 0 saturated heterocycles. The van der Waals surface area contributed by atoms with Gasteiger partial charge in [0.25, 0.3) is 0 Å². The predicted octanol–water partition coefficient (Wildman–Crippen LogP) is 0.524. The number of halogens is 1. The van der Waals surface area contributed by atoms with E-state index in [9.17, 15) is 8.42 Å². The fraction of sp³-hybridized carbons (Fsp3) is 0.571. The highest BCUT2D eigenvalue weighted by Crippen LogP contribution is 2.05. The number of nitrogens with zero attached hydrogens (tertiary/aromatic N) is 2. The second-order valence-electron chi connectivity index (χ2n) is 2.79. The Morgan fingerprint density at radius 2 is 2.36 bits per heavy atom. The molecule has 1 N–H and O–H groups in total. The summed E-state index contributed by atoms with van der Waals surface area (Å²) in [5.41, 5.74) is 0. The van der Waals surface area contributed by atoms with Gasteiger partial charge in [-0.15, -0.1) is 0 Å². The van der Waals surface area contributed by atoms with Crippen LogP contribution in [0.15, 0.2) is 17.3 Å². The van der Waals surface area contributed by atoms with Crippen molar-refractivity contribution >= 4 is 32.6 Å². The van der Waals surface area contributed by atoms with Gasteiger partial charge in [-0.3, -0.25) is 4.68 Å². The van der Waals surface area contributed by atoms with Gasteiger partial charge in [0.2, 0.25) is 10.0 Å². The average molecular weight is 329 g/mol. The van der Waals surface area contributed by atoms with E-state index < -0.39 is 10.0 Å². The third kappa shape index (κ3) is 3.21. The molecule has 0 amide bonds. The zero-order valence-electron chi connectivity index (χ0n) is 7.77. The quantitative estimate of drug-likeness (QED) is 0.487. The Morgan fingerprint density at radius 1 is 1.64 bits per heavy atom. The van der Waals surface area contributed by atoms with Gasteiger partial charge in [-0.1, -0.05) is 22.6 Å². The second-order valence-corrected chi connectivity index (χ2v) is 5.64. The summed E-state index contributed by atoms with van der Waals surface area (Å²) in [7, 11) is -1.66. The first kappa shape index (κ1) is 11.9. The fourth-order valence-corrected chi connectivity index (χ4v) is 2.33. The maximum absolute atomic E-state index is 11.6. The van der Waals surface area contributed by atoms with Crippen LogP contribution in [0, 0.1) is 0 Å². The Kier molecular flexibility index (Phi) is 4.32. The van der Waals surface area contributed by atoms with Gasteiger partial charge in [0.1, 0.15) is 4.90 Å². The summed E-state index contributed by atoms with van der Waals surface area (Å²) in [4.78, 5) is 0.216. The minimum Gasteiger partial charge on any atom is -0.274 e. The van der Waals surface area contributed by atoms with Gasteiger partial charge in [-0.25, -0.2) is 13.1 Å². The number of alkyl halides is 1.